The first kappa shape index (κ1) is 12.5. The van der Waals surface area contributed by atoms with Crippen LogP contribution < -0.4 is 0 Å². The molecule has 0 saturated heterocycles. The first-order valence-electron chi connectivity index (χ1n) is 7.56. The third-order valence-electron chi connectivity index (χ3n) is 4.85. The Labute approximate surface area is 125 Å². The van der Waals surface area contributed by atoms with Crippen LogP contribution in [0.4, 0.5) is 11.4 Å². The Balaban J connectivity index is 1.65. The SMILES string of the molecule is C[N+]1=C(CC2=[N+](C)c3ccccc3C2)Cc2ccccc21. The molecule has 2 heterocycles. The summed E-state index contributed by atoms with van der Waals surface area (Å²) in [5.41, 5.74) is 8.65. The van der Waals surface area contributed by atoms with E-state index in [1.807, 2.05) is 0 Å². The number of nitrogens with zero attached hydrogens (tertiary/aromatic N) is 2. The average Bonchev–Trinajstić information content (AvgIpc) is 2.99. The Morgan fingerprint density at radius 1 is 0.714 bits per heavy atom. The fourth-order valence-corrected chi connectivity index (χ4v) is 3.59. The van der Waals surface area contributed by atoms with Crippen LogP contribution in [0.3, 0.4) is 0 Å². The van der Waals surface area contributed by atoms with Crippen molar-refractivity contribution in [3.63, 3.8) is 0 Å². The molecule has 21 heavy (non-hydrogen) atoms. The molecule has 0 atom stereocenters. The van der Waals surface area contributed by atoms with Gasteiger partial charge in [0.2, 0.25) is 11.4 Å². The average molecular weight is 276 g/mol. The molecule has 0 radical (unpaired) electrons. The molecule has 0 saturated carbocycles. The van der Waals surface area contributed by atoms with Gasteiger partial charge in [0.05, 0.1) is 12.8 Å². The van der Waals surface area contributed by atoms with E-state index < -0.39 is 0 Å². The molecule has 0 amide bonds. The third kappa shape index (κ3) is 1.94. The molecule has 0 aliphatic carbocycles. The van der Waals surface area contributed by atoms with Crippen molar-refractivity contribution >= 4 is 22.8 Å². The van der Waals surface area contributed by atoms with Gasteiger partial charge in [0, 0.05) is 23.3 Å². The van der Waals surface area contributed by atoms with Crippen molar-refractivity contribution in [2.75, 3.05) is 14.1 Å². The van der Waals surface area contributed by atoms with Crippen LogP contribution in [0.5, 0.6) is 0 Å². The van der Waals surface area contributed by atoms with Gasteiger partial charge in [0.25, 0.3) is 0 Å². The third-order valence-corrected chi connectivity index (χ3v) is 4.85. The van der Waals surface area contributed by atoms with Gasteiger partial charge in [-0.15, -0.1) is 0 Å². The second-order valence-electron chi connectivity index (χ2n) is 6.04. The van der Waals surface area contributed by atoms with Crippen LogP contribution in [0.15, 0.2) is 48.5 Å². The van der Waals surface area contributed by atoms with Gasteiger partial charge >= 0.3 is 0 Å². The van der Waals surface area contributed by atoms with Crippen LogP contribution in [0.1, 0.15) is 17.5 Å². The smallest absolute Gasteiger partial charge is 0.201 e. The van der Waals surface area contributed by atoms with E-state index in [-0.39, 0.29) is 0 Å². The van der Waals surface area contributed by atoms with Crippen molar-refractivity contribution in [1.29, 1.82) is 0 Å². The van der Waals surface area contributed by atoms with E-state index in [4.69, 9.17) is 0 Å². The highest BCUT2D eigenvalue weighted by molar-refractivity contribution is 6.04. The highest BCUT2D eigenvalue weighted by Crippen LogP contribution is 2.29. The lowest BCUT2D eigenvalue weighted by atomic mass is 10.0. The molecule has 0 fully saturated rings. The van der Waals surface area contributed by atoms with Gasteiger partial charge in [-0.25, -0.2) is 9.15 Å². The largest absolute Gasteiger partial charge is 0.208 e. The second-order valence-corrected chi connectivity index (χ2v) is 6.04. The van der Waals surface area contributed by atoms with Gasteiger partial charge in [-0.05, 0) is 0 Å². The second kappa shape index (κ2) is 4.66. The maximum atomic E-state index is 2.37. The molecule has 2 aromatic carbocycles. The molecule has 0 N–H and O–H groups in total. The highest BCUT2D eigenvalue weighted by Gasteiger charge is 2.33. The van der Waals surface area contributed by atoms with E-state index >= 15 is 0 Å². The lowest BCUT2D eigenvalue weighted by Gasteiger charge is -1.97. The summed E-state index contributed by atoms with van der Waals surface area (Å²) in [7, 11) is 4.40. The summed E-state index contributed by atoms with van der Waals surface area (Å²) in [5.74, 6) is 0. The standard InChI is InChI=1S/C19H20N2/c1-20-16(11-14-7-3-5-9-18(14)20)13-17-12-15-8-4-6-10-19(15)21(17)2/h3-10H,11-13H2,1-2H3/q+2. The fraction of sp³-hybridized carbons (Fsp3) is 0.263. The van der Waals surface area contributed by atoms with E-state index in [1.54, 1.807) is 0 Å². The van der Waals surface area contributed by atoms with Crippen molar-refractivity contribution in [3.05, 3.63) is 59.7 Å². The van der Waals surface area contributed by atoms with E-state index in [9.17, 15) is 0 Å². The molecule has 0 aromatic heterocycles. The molecular formula is C19H20N2+2. The maximum Gasteiger partial charge on any atom is 0.208 e. The topological polar surface area (TPSA) is 6.02 Å². The van der Waals surface area contributed by atoms with Gasteiger partial charge in [-0.2, -0.15) is 0 Å². The van der Waals surface area contributed by atoms with Crippen molar-refractivity contribution in [2.45, 2.75) is 19.3 Å². The van der Waals surface area contributed by atoms with Crippen molar-refractivity contribution in [3.8, 4) is 0 Å². The summed E-state index contributed by atoms with van der Waals surface area (Å²) >= 11 is 0. The lowest BCUT2D eigenvalue weighted by molar-refractivity contribution is -0.408. The molecule has 0 bridgehead atoms. The summed E-state index contributed by atoms with van der Waals surface area (Å²) in [6.45, 7) is 0. The van der Waals surface area contributed by atoms with Crippen LogP contribution in [-0.2, 0) is 12.8 Å². The molecule has 0 spiro atoms. The van der Waals surface area contributed by atoms with E-state index in [0.717, 1.165) is 19.3 Å². The number of hydrogen-bond donors (Lipinski definition) is 0. The highest BCUT2D eigenvalue weighted by atomic mass is 15.0. The van der Waals surface area contributed by atoms with Crippen LogP contribution >= 0.6 is 0 Å². The zero-order valence-electron chi connectivity index (χ0n) is 12.6. The molecule has 2 aliphatic rings. The molecule has 4 rings (SSSR count). The van der Waals surface area contributed by atoms with Gasteiger partial charge in [0.1, 0.15) is 20.5 Å². The number of para-hydroxylation sites is 2. The van der Waals surface area contributed by atoms with Gasteiger partial charge in [-0.3, -0.25) is 0 Å². The fourth-order valence-electron chi connectivity index (χ4n) is 3.59. The Morgan fingerprint density at radius 2 is 1.14 bits per heavy atom. The Hall–Kier alpha value is -2.22. The van der Waals surface area contributed by atoms with Gasteiger partial charge in [-0.1, -0.05) is 36.4 Å². The Kier molecular flexibility index (Phi) is 2.78. The number of fused-ring (bicyclic) bond motifs is 2. The predicted molar refractivity (Wildman–Crippen MR) is 86.6 cm³/mol. The van der Waals surface area contributed by atoms with Crippen molar-refractivity contribution < 1.29 is 9.15 Å². The van der Waals surface area contributed by atoms with Gasteiger partial charge < -0.3 is 0 Å². The summed E-state index contributed by atoms with van der Waals surface area (Å²) in [5, 5.41) is 0. The van der Waals surface area contributed by atoms with E-state index in [2.05, 4.69) is 71.8 Å². The van der Waals surface area contributed by atoms with Crippen LogP contribution in [0.2, 0.25) is 0 Å². The van der Waals surface area contributed by atoms with E-state index in [1.165, 1.54) is 33.9 Å². The quantitative estimate of drug-likeness (QED) is 0.742. The minimum atomic E-state index is 1.07. The molecule has 2 aliphatic heterocycles. The summed E-state index contributed by atoms with van der Waals surface area (Å²) in [6, 6.07) is 17.5. The Morgan fingerprint density at radius 3 is 1.57 bits per heavy atom. The number of hydrogen-bond acceptors (Lipinski definition) is 0. The first-order chi connectivity index (χ1) is 10.2. The molecule has 2 aromatic rings. The molecule has 2 heteroatoms. The minimum absolute atomic E-state index is 1.07. The van der Waals surface area contributed by atoms with Crippen LogP contribution in [-0.4, -0.2) is 34.7 Å². The minimum Gasteiger partial charge on any atom is -0.201 e. The number of benzene rings is 2. The number of rotatable bonds is 2. The lowest BCUT2D eigenvalue weighted by Crippen LogP contribution is -2.19. The molecule has 104 valence electrons. The molecule has 0 unspecified atom stereocenters. The first-order valence-corrected chi connectivity index (χ1v) is 7.56. The maximum absolute atomic E-state index is 2.37. The molecular weight excluding hydrogens is 256 g/mol. The zero-order chi connectivity index (χ0) is 14.4. The van der Waals surface area contributed by atoms with Gasteiger partial charge in [0.15, 0.2) is 11.4 Å². The van der Waals surface area contributed by atoms with Crippen molar-refractivity contribution in [1.82, 2.24) is 0 Å². The summed E-state index contributed by atoms with van der Waals surface area (Å²) in [4.78, 5) is 0. The Bertz CT molecular complexity index is 729. The van der Waals surface area contributed by atoms with Crippen LogP contribution in [0, 0.1) is 0 Å². The zero-order valence-corrected chi connectivity index (χ0v) is 12.6. The predicted octanol–water partition coefficient (Wildman–Crippen LogP) is 3.32. The molecule has 2 nitrogen and oxygen atoms in total. The summed E-state index contributed by atoms with van der Waals surface area (Å²) in [6.07, 6.45) is 3.23. The van der Waals surface area contributed by atoms with Crippen LogP contribution in [0.25, 0.3) is 0 Å². The van der Waals surface area contributed by atoms with Crippen molar-refractivity contribution in [2.24, 2.45) is 0 Å². The van der Waals surface area contributed by atoms with E-state index in [0.29, 0.717) is 0 Å². The normalized spacial score (nSPS) is 16.5. The summed E-state index contributed by atoms with van der Waals surface area (Å²) < 4.78 is 4.75. The monoisotopic (exact) mass is 276 g/mol.